The molecule has 0 fully saturated rings. The van der Waals surface area contributed by atoms with Crippen molar-refractivity contribution in [3.05, 3.63) is 303 Å². The summed E-state index contributed by atoms with van der Waals surface area (Å²) in [5, 5.41) is 0. The number of hydrogen-bond acceptors (Lipinski definition) is 6. The van der Waals surface area contributed by atoms with E-state index in [1.807, 2.05) is 54.6 Å². The van der Waals surface area contributed by atoms with Gasteiger partial charge in [-0.25, -0.2) is 0 Å². The first kappa shape index (κ1) is 56.5. The zero-order valence-corrected chi connectivity index (χ0v) is 45.4. The summed E-state index contributed by atoms with van der Waals surface area (Å²) in [5.41, 5.74) is 12.6. The molecule has 3 atom stereocenters. The molecule has 7 aromatic carbocycles. The summed E-state index contributed by atoms with van der Waals surface area (Å²) in [5.74, 6) is 6.93. The van der Waals surface area contributed by atoms with Gasteiger partial charge in [0, 0.05) is 28.9 Å². The van der Waals surface area contributed by atoms with Gasteiger partial charge in [-0.05, 0) is 147 Å². The van der Waals surface area contributed by atoms with Crippen molar-refractivity contribution in [2.75, 3.05) is 39.6 Å². The minimum absolute atomic E-state index is 0.0505. The zero-order valence-electron chi connectivity index (χ0n) is 45.4. The lowest BCUT2D eigenvalue weighted by atomic mass is 9.78. The topological polar surface area (TPSA) is 55.4 Å². The predicted molar refractivity (Wildman–Crippen MR) is 332 cm³/mol. The second kappa shape index (κ2) is 29.2. The van der Waals surface area contributed by atoms with Gasteiger partial charge in [-0.3, -0.25) is 0 Å². The Hall–Kier alpha value is -9.70. The molecule has 0 spiro atoms. The van der Waals surface area contributed by atoms with E-state index in [1.54, 1.807) is 42.5 Å². The monoisotopic (exact) mass is 1050 g/mol. The Morgan fingerprint density at radius 2 is 0.875 bits per heavy atom. The molecule has 3 unspecified atom stereocenters. The van der Waals surface area contributed by atoms with E-state index < -0.39 is 0 Å². The van der Waals surface area contributed by atoms with Crippen LogP contribution in [-0.4, -0.2) is 39.6 Å². The van der Waals surface area contributed by atoms with Crippen LogP contribution in [0.5, 0.6) is 34.5 Å². The molecule has 7 aromatic rings. The van der Waals surface area contributed by atoms with E-state index in [9.17, 15) is 0 Å². The molecule has 8 rings (SSSR count). The van der Waals surface area contributed by atoms with E-state index in [4.69, 9.17) is 34.8 Å². The fourth-order valence-electron chi connectivity index (χ4n) is 9.71. The molecule has 400 valence electrons. The summed E-state index contributed by atoms with van der Waals surface area (Å²) in [6.07, 6.45) is 29.8. The van der Waals surface area contributed by atoms with Crippen molar-refractivity contribution in [3.63, 3.8) is 0 Å². The number of allylic oxidation sites excluding steroid dienone is 8. The van der Waals surface area contributed by atoms with Crippen molar-refractivity contribution >= 4 is 11.1 Å². The van der Waals surface area contributed by atoms with Crippen LogP contribution in [0.2, 0.25) is 0 Å². The van der Waals surface area contributed by atoms with Gasteiger partial charge in [0.15, 0.2) is 0 Å². The van der Waals surface area contributed by atoms with E-state index in [2.05, 4.69) is 179 Å². The Bertz CT molecular complexity index is 3400. The van der Waals surface area contributed by atoms with Crippen LogP contribution < -0.4 is 28.4 Å². The van der Waals surface area contributed by atoms with E-state index in [1.165, 1.54) is 0 Å². The number of hydrogen-bond donors (Lipinski definition) is 0. The summed E-state index contributed by atoms with van der Waals surface area (Å²) >= 11 is 0. The Morgan fingerprint density at radius 1 is 0.463 bits per heavy atom. The number of rotatable bonds is 30. The van der Waals surface area contributed by atoms with Gasteiger partial charge >= 0.3 is 0 Å². The summed E-state index contributed by atoms with van der Waals surface area (Å²) in [7, 11) is 0. The number of benzene rings is 7. The molecule has 0 aromatic heterocycles. The fraction of sp³-hybridized carbons (Fsp3) is 0.135. The molecule has 0 saturated carbocycles. The van der Waals surface area contributed by atoms with Crippen molar-refractivity contribution in [3.8, 4) is 69.1 Å². The van der Waals surface area contributed by atoms with Crippen molar-refractivity contribution in [1.29, 1.82) is 0 Å². The molecule has 1 aliphatic rings. The first-order chi connectivity index (χ1) is 39.4. The molecule has 0 N–H and O–H groups in total. The quantitative estimate of drug-likeness (QED) is 0.0254. The van der Waals surface area contributed by atoms with Gasteiger partial charge in [-0.2, -0.15) is 0 Å². The molecule has 0 aliphatic heterocycles. The van der Waals surface area contributed by atoms with E-state index in [0.717, 1.165) is 101 Å². The molecule has 0 bridgehead atoms. The minimum Gasteiger partial charge on any atom is -0.490 e. The standard InChI is InChI=1S/C74H68O6/c1-8-15-16-54(55-23-34-65(35-24-55)75-45-9-2)31-42-69(70-52-62(32-43-72(70)79-49-13-6)57-27-38-67(39-28-57)77-47-11-4)59-17-19-60(20-18-59)74(64-22-21-61(51-64)56-25-36-66(37-26-56)76-46-10-3)71-53-63(33-44-73(71)80-50-14-7)58-29-40-68(41-30-58)78-48-12-5/h1,9-41,43-44,51-53,64,69,74H,2-7,42,45-50H2/b16-15-,54-31+. The molecule has 6 nitrogen and oxygen atoms in total. The SMILES string of the molecule is C#C/C=C\C(=C/CC(c1ccc(C(c2cc(-c3ccc(OCC=C)cc3)ccc2OCC=C)C2C=CC(c3ccc(OCC=C)cc3)=C2)cc1)c1cc(-c2ccc(OCC=C)cc2)ccc1OCC=C)c1ccc(OCC=C)cc1. The Balaban J connectivity index is 1.27. The lowest BCUT2D eigenvalue weighted by Crippen LogP contribution is -2.13. The molecule has 0 amide bonds. The van der Waals surface area contributed by atoms with Gasteiger partial charge in [0.05, 0.1) is 0 Å². The molecular weight excluding hydrogens is 985 g/mol. The molecule has 0 radical (unpaired) electrons. The van der Waals surface area contributed by atoms with Crippen molar-refractivity contribution in [2.45, 2.75) is 18.3 Å². The average molecular weight is 1050 g/mol. The third-order valence-electron chi connectivity index (χ3n) is 13.6. The maximum atomic E-state index is 6.56. The van der Waals surface area contributed by atoms with Gasteiger partial charge in [-0.15, -0.1) is 6.42 Å². The van der Waals surface area contributed by atoms with Crippen LogP contribution in [0, 0.1) is 18.3 Å². The number of terminal acetylenes is 1. The normalized spacial score (nSPS) is 13.5. The average Bonchev–Trinajstić information content (AvgIpc) is 4.19. The second-order valence-electron chi connectivity index (χ2n) is 18.9. The lowest BCUT2D eigenvalue weighted by Gasteiger charge is -2.27. The molecule has 1 aliphatic carbocycles. The molecule has 0 heterocycles. The molecule has 6 heteroatoms. The molecule has 80 heavy (non-hydrogen) atoms. The summed E-state index contributed by atoms with van der Waals surface area (Å²) in [6, 6.07) is 54.5. The van der Waals surface area contributed by atoms with Crippen LogP contribution in [0.1, 0.15) is 51.6 Å². The van der Waals surface area contributed by atoms with Gasteiger partial charge in [0.25, 0.3) is 0 Å². The first-order valence-corrected chi connectivity index (χ1v) is 26.8. The Morgan fingerprint density at radius 3 is 1.35 bits per heavy atom. The van der Waals surface area contributed by atoms with Crippen molar-refractivity contribution < 1.29 is 28.4 Å². The maximum Gasteiger partial charge on any atom is 0.123 e. The van der Waals surface area contributed by atoms with Crippen LogP contribution in [-0.2, 0) is 0 Å². The largest absolute Gasteiger partial charge is 0.490 e. The predicted octanol–water partition coefficient (Wildman–Crippen LogP) is 17.6. The highest BCUT2D eigenvalue weighted by molar-refractivity contribution is 5.78. The highest BCUT2D eigenvalue weighted by Crippen LogP contribution is 2.46. The van der Waals surface area contributed by atoms with Crippen LogP contribution in [0.15, 0.2) is 270 Å². The van der Waals surface area contributed by atoms with Crippen LogP contribution >= 0.6 is 0 Å². The highest BCUT2D eigenvalue weighted by Gasteiger charge is 2.29. The Kier molecular flexibility index (Phi) is 20.6. The summed E-state index contributed by atoms with van der Waals surface area (Å²) in [6.45, 7) is 25.6. The zero-order chi connectivity index (χ0) is 55.9. The van der Waals surface area contributed by atoms with Gasteiger partial charge in [-0.1, -0.05) is 191 Å². The van der Waals surface area contributed by atoms with Crippen LogP contribution in [0.25, 0.3) is 33.4 Å². The van der Waals surface area contributed by atoms with Crippen molar-refractivity contribution in [2.24, 2.45) is 5.92 Å². The fourth-order valence-corrected chi connectivity index (χ4v) is 9.71. The van der Waals surface area contributed by atoms with Crippen LogP contribution in [0.4, 0.5) is 0 Å². The van der Waals surface area contributed by atoms with E-state index in [-0.39, 0.29) is 17.8 Å². The van der Waals surface area contributed by atoms with Gasteiger partial charge in [0.1, 0.15) is 74.1 Å². The Labute approximate surface area is 473 Å². The minimum atomic E-state index is -0.188. The highest BCUT2D eigenvalue weighted by atomic mass is 16.5. The van der Waals surface area contributed by atoms with E-state index >= 15 is 0 Å². The second-order valence-corrected chi connectivity index (χ2v) is 18.9. The number of ether oxygens (including phenoxy) is 6. The van der Waals surface area contributed by atoms with Gasteiger partial charge in [0.2, 0.25) is 0 Å². The molecule has 0 saturated heterocycles. The van der Waals surface area contributed by atoms with E-state index in [0.29, 0.717) is 46.1 Å². The van der Waals surface area contributed by atoms with Crippen LogP contribution in [0.3, 0.4) is 0 Å². The smallest absolute Gasteiger partial charge is 0.123 e. The molecular formula is C74H68O6. The summed E-state index contributed by atoms with van der Waals surface area (Å²) < 4.78 is 36.5. The third kappa shape index (κ3) is 14.9. The summed E-state index contributed by atoms with van der Waals surface area (Å²) in [4.78, 5) is 0. The first-order valence-electron chi connectivity index (χ1n) is 26.8. The van der Waals surface area contributed by atoms with Gasteiger partial charge < -0.3 is 28.4 Å². The lowest BCUT2D eigenvalue weighted by molar-refractivity contribution is 0.356. The van der Waals surface area contributed by atoms with Crippen molar-refractivity contribution in [1.82, 2.24) is 0 Å². The third-order valence-corrected chi connectivity index (χ3v) is 13.6. The maximum absolute atomic E-state index is 6.56.